The molecule has 0 atom stereocenters. The third-order valence-corrected chi connectivity index (χ3v) is 1.55. The first-order valence-electron chi connectivity index (χ1n) is 4.28. The van der Waals surface area contributed by atoms with E-state index in [0.717, 1.165) is 5.01 Å². The maximum Gasteiger partial charge on any atom is 0.251 e. The van der Waals surface area contributed by atoms with Gasteiger partial charge in [0.15, 0.2) is 0 Å². The Balaban J connectivity index is 4.82. The van der Waals surface area contributed by atoms with Crippen molar-refractivity contribution in [2.24, 2.45) is 10.7 Å². The Bertz CT molecular complexity index is 211. The molecular weight excluding hydrogens is 168 g/mol. The van der Waals surface area contributed by atoms with Gasteiger partial charge >= 0.3 is 0 Å². The lowest BCUT2D eigenvalue weighted by atomic mass is 9.93. The van der Waals surface area contributed by atoms with Gasteiger partial charge in [-0.2, -0.15) is 5.01 Å². The molecule has 1 amide bonds. The molecule has 4 nitrogen and oxygen atoms in total. The molecule has 0 rings (SSSR count). The molecule has 0 aromatic carbocycles. The van der Waals surface area contributed by atoms with Gasteiger partial charge in [0, 0.05) is 5.41 Å². The van der Waals surface area contributed by atoms with Crippen LogP contribution in [0.1, 0.15) is 41.5 Å². The maximum atomic E-state index is 11.7. The number of nitroso groups, excluding NO2 is 1. The summed E-state index contributed by atoms with van der Waals surface area (Å²) in [6.07, 6.45) is 0. The number of amides is 1. The lowest BCUT2D eigenvalue weighted by Crippen LogP contribution is -2.46. The van der Waals surface area contributed by atoms with Crippen molar-refractivity contribution < 1.29 is 4.79 Å². The molecule has 0 radical (unpaired) electrons. The predicted octanol–water partition coefficient (Wildman–Crippen LogP) is 2.34. The van der Waals surface area contributed by atoms with Crippen LogP contribution in [0.3, 0.4) is 0 Å². The zero-order chi connectivity index (χ0) is 10.9. The molecular formula is C9H18N2O2. The fourth-order valence-electron chi connectivity index (χ4n) is 0.782. The van der Waals surface area contributed by atoms with E-state index >= 15 is 0 Å². The molecule has 0 fully saturated rings. The van der Waals surface area contributed by atoms with E-state index in [1.54, 1.807) is 41.5 Å². The lowest BCUT2D eigenvalue weighted by molar-refractivity contribution is -0.144. The third kappa shape index (κ3) is 3.13. The van der Waals surface area contributed by atoms with Crippen LogP contribution in [0, 0.1) is 10.3 Å². The smallest absolute Gasteiger partial charge is 0.251 e. The average molecular weight is 186 g/mol. The predicted molar refractivity (Wildman–Crippen MR) is 51.8 cm³/mol. The van der Waals surface area contributed by atoms with E-state index in [-0.39, 0.29) is 5.91 Å². The quantitative estimate of drug-likeness (QED) is 0.466. The van der Waals surface area contributed by atoms with Gasteiger partial charge in [-0.05, 0) is 20.8 Å². The molecule has 0 aliphatic rings. The fourth-order valence-corrected chi connectivity index (χ4v) is 0.782. The Hall–Kier alpha value is -0.930. The van der Waals surface area contributed by atoms with E-state index in [1.165, 1.54) is 0 Å². The molecule has 0 aromatic heterocycles. The van der Waals surface area contributed by atoms with Crippen LogP contribution in [0.15, 0.2) is 5.29 Å². The van der Waals surface area contributed by atoms with Crippen molar-refractivity contribution in [2.45, 2.75) is 47.1 Å². The Morgan fingerprint density at radius 2 is 1.46 bits per heavy atom. The second-order valence-electron chi connectivity index (χ2n) is 5.12. The fraction of sp³-hybridized carbons (Fsp3) is 0.889. The van der Waals surface area contributed by atoms with Gasteiger partial charge in [-0.25, -0.2) is 0 Å². The first kappa shape index (κ1) is 12.1. The molecule has 0 aliphatic heterocycles. The van der Waals surface area contributed by atoms with Crippen LogP contribution >= 0.6 is 0 Å². The minimum atomic E-state index is -0.568. The summed E-state index contributed by atoms with van der Waals surface area (Å²) in [6, 6.07) is 0. The highest BCUT2D eigenvalue weighted by atomic mass is 16.3. The van der Waals surface area contributed by atoms with E-state index in [2.05, 4.69) is 5.29 Å². The van der Waals surface area contributed by atoms with E-state index in [9.17, 15) is 9.70 Å². The van der Waals surface area contributed by atoms with Crippen LogP contribution in [-0.2, 0) is 4.79 Å². The second kappa shape index (κ2) is 3.44. The van der Waals surface area contributed by atoms with Crippen LogP contribution in [0.4, 0.5) is 0 Å². The number of hydrogen-bond acceptors (Lipinski definition) is 3. The van der Waals surface area contributed by atoms with Gasteiger partial charge in [0.25, 0.3) is 5.91 Å². The molecule has 0 spiro atoms. The van der Waals surface area contributed by atoms with Crippen molar-refractivity contribution in [3.05, 3.63) is 4.91 Å². The van der Waals surface area contributed by atoms with Crippen molar-refractivity contribution in [3.8, 4) is 0 Å². The Morgan fingerprint density at radius 1 is 1.08 bits per heavy atom. The van der Waals surface area contributed by atoms with Crippen molar-refractivity contribution in [2.75, 3.05) is 0 Å². The SMILES string of the molecule is CC(C)(C)C(=O)N(N=O)C(C)(C)C. The van der Waals surface area contributed by atoms with Crippen molar-refractivity contribution in [1.29, 1.82) is 0 Å². The number of carbonyl (C=O) groups excluding carboxylic acids is 1. The first-order chi connectivity index (χ1) is 5.60. The summed E-state index contributed by atoms with van der Waals surface area (Å²) in [5.74, 6) is -0.255. The van der Waals surface area contributed by atoms with E-state index in [4.69, 9.17) is 0 Å². The van der Waals surface area contributed by atoms with Gasteiger partial charge in [-0.15, -0.1) is 4.91 Å². The third-order valence-electron chi connectivity index (χ3n) is 1.55. The Morgan fingerprint density at radius 3 is 1.54 bits per heavy atom. The molecule has 0 aliphatic carbocycles. The van der Waals surface area contributed by atoms with Gasteiger partial charge in [0.05, 0.1) is 10.8 Å². The van der Waals surface area contributed by atoms with Gasteiger partial charge in [0.2, 0.25) is 0 Å². The first-order valence-corrected chi connectivity index (χ1v) is 4.28. The minimum Gasteiger partial charge on any atom is -0.272 e. The Labute approximate surface area is 79.2 Å². The molecule has 0 unspecified atom stereocenters. The monoisotopic (exact) mass is 186 g/mol. The maximum absolute atomic E-state index is 11.7. The summed E-state index contributed by atoms with van der Waals surface area (Å²) in [5, 5.41) is 3.75. The summed E-state index contributed by atoms with van der Waals surface area (Å²) < 4.78 is 0. The van der Waals surface area contributed by atoms with Crippen molar-refractivity contribution in [3.63, 3.8) is 0 Å². The number of hydrogen-bond donors (Lipinski definition) is 0. The molecule has 0 bridgehead atoms. The van der Waals surface area contributed by atoms with E-state index in [1.807, 2.05) is 0 Å². The normalized spacial score (nSPS) is 12.5. The molecule has 0 saturated carbocycles. The molecule has 0 aromatic rings. The van der Waals surface area contributed by atoms with E-state index in [0.29, 0.717) is 0 Å². The molecule has 0 saturated heterocycles. The molecule has 0 N–H and O–H groups in total. The summed E-state index contributed by atoms with van der Waals surface area (Å²) >= 11 is 0. The van der Waals surface area contributed by atoms with Gasteiger partial charge < -0.3 is 0 Å². The molecule has 0 heterocycles. The van der Waals surface area contributed by atoms with Crippen LogP contribution in [0.5, 0.6) is 0 Å². The standard InChI is InChI=1S/C9H18N2O2/c1-8(2,3)7(12)11(10-13)9(4,5)6/h1-6H3. The van der Waals surface area contributed by atoms with Gasteiger partial charge in [0.1, 0.15) is 0 Å². The summed E-state index contributed by atoms with van der Waals surface area (Å²) in [7, 11) is 0. The summed E-state index contributed by atoms with van der Waals surface area (Å²) in [5.41, 5.74) is -1.12. The van der Waals surface area contributed by atoms with Crippen LogP contribution in [0.2, 0.25) is 0 Å². The van der Waals surface area contributed by atoms with Crippen molar-refractivity contribution >= 4 is 5.91 Å². The summed E-state index contributed by atoms with van der Waals surface area (Å²) in [6.45, 7) is 10.6. The highest BCUT2D eigenvalue weighted by Crippen LogP contribution is 2.23. The van der Waals surface area contributed by atoms with Crippen LogP contribution < -0.4 is 0 Å². The van der Waals surface area contributed by atoms with Crippen molar-refractivity contribution in [1.82, 2.24) is 5.01 Å². The Kier molecular flexibility index (Phi) is 3.19. The molecule has 13 heavy (non-hydrogen) atoms. The summed E-state index contributed by atoms with van der Waals surface area (Å²) in [4.78, 5) is 22.2. The highest BCUT2D eigenvalue weighted by molar-refractivity contribution is 5.81. The largest absolute Gasteiger partial charge is 0.272 e. The van der Waals surface area contributed by atoms with Gasteiger partial charge in [-0.1, -0.05) is 20.8 Å². The zero-order valence-electron chi connectivity index (χ0n) is 9.21. The minimum absolute atomic E-state index is 0.255. The molecule has 76 valence electrons. The van der Waals surface area contributed by atoms with E-state index < -0.39 is 11.0 Å². The topological polar surface area (TPSA) is 49.7 Å². The van der Waals surface area contributed by atoms with Gasteiger partial charge in [-0.3, -0.25) is 4.79 Å². The lowest BCUT2D eigenvalue weighted by Gasteiger charge is -2.32. The number of rotatable bonds is 1. The van der Waals surface area contributed by atoms with Crippen LogP contribution in [0.25, 0.3) is 0 Å². The number of carbonyl (C=O) groups is 1. The van der Waals surface area contributed by atoms with Crippen LogP contribution in [-0.4, -0.2) is 16.5 Å². The second-order valence-corrected chi connectivity index (χ2v) is 5.12. The zero-order valence-corrected chi connectivity index (χ0v) is 9.21. The number of nitrogens with zero attached hydrogens (tertiary/aromatic N) is 2. The highest BCUT2D eigenvalue weighted by Gasteiger charge is 2.35. The molecule has 4 heteroatoms. The average Bonchev–Trinajstić information content (AvgIpc) is 1.83.